The highest BCUT2D eigenvalue weighted by Gasteiger charge is 2.22. The van der Waals surface area contributed by atoms with Gasteiger partial charge in [0.15, 0.2) is 5.82 Å². The van der Waals surface area contributed by atoms with Crippen molar-refractivity contribution < 1.29 is 0 Å². The Labute approximate surface area is 147 Å². The third-order valence-electron chi connectivity index (χ3n) is 5.43. The lowest BCUT2D eigenvalue weighted by Gasteiger charge is -2.30. The van der Waals surface area contributed by atoms with Crippen molar-refractivity contribution >= 4 is 28.3 Å². The first-order valence-electron chi connectivity index (χ1n) is 8.42. The minimum Gasteiger partial charge on any atom is -0.350 e. The lowest BCUT2D eigenvalue weighted by Crippen LogP contribution is -2.31. The van der Waals surface area contributed by atoms with Crippen molar-refractivity contribution in [1.82, 2.24) is 9.55 Å². The molecule has 3 heterocycles. The quantitative estimate of drug-likeness (QED) is 0.641. The molecule has 2 aromatic heterocycles. The first-order valence-corrected chi connectivity index (χ1v) is 8.95. The molecule has 24 heavy (non-hydrogen) atoms. The average molecular weight is 340 g/mol. The maximum atomic E-state index is 6.01. The number of fused-ring (bicyclic) bond motifs is 2. The molecule has 124 valence electrons. The predicted molar refractivity (Wildman–Crippen MR) is 101 cm³/mol. The van der Waals surface area contributed by atoms with Gasteiger partial charge in [0, 0.05) is 43.3 Å². The fourth-order valence-corrected chi connectivity index (χ4v) is 3.96. The molecule has 4 heteroatoms. The van der Waals surface area contributed by atoms with Crippen LogP contribution in [0.15, 0.2) is 30.5 Å². The van der Waals surface area contributed by atoms with E-state index in [0.29, 0.717) is 5.88 Å². The van der Waals surface area contributed by atoms with Crippen molar-refractivity contribution in [3.05, 3.63) is 58.4 Å². The van der Waals surface area contributed by atoms with Gasteiger partial charge in [-0.05, 0) is 48.6 Å². The molecule has 0 radical (unpaired) electrons. The van der Waals surface area contributed by atoms with E-state index in [1.54, 1.807) is 0 Å². The summed E-state index contributed by atoms with van der Waals surface area (Å²) >= 11 is 6.01. The Kier molecular flexibility index (Phi) is 3.76. The minimum absolute atomic E-state index is 0.567. The van der Waals surface area contributed by atoms with Gasteiger partial charge in [-0.1, -0.05) is 18.2 Å². The molecule has 0 unspecified atom stereocenters. The highest BCUT2D eigenvalue weighted by molar-refractivity contribution is 6.17. The number of benzene rings is 1. The molecular formula is C20H22ClN3. The van der Waals surface area contributed by atoms with E-state index in [0.717, 1.165) is 25.3 Å². The molecule has 0 amide bonds. The van der Waals surface area contributed by atoms with Gasteiger partial charge < -0.3 is 9.47 Å². The second kappa shape index (κ2) is 5.82. The van der Waals surface area contributed by atoms with Crippen molar-refractivity contribution in [1.29, 1.82) is 0 Å². The second-order valence-corrected chi connectivity index (χ2v) is 6.98. The standard InChI is InChI=1S/C20H22ClN3/c1-13-14(2)23(3)19-18(13)6-8-22-20(19)24-9-7-16-5-4-15(11-21)10-17(16)12-24/h4-6,8,10H,7,9,11-12H2,1-3H3. The van der Waals surface area contributed by atoms with E-state index in [4.69, 9.17) is 16.6 Å². The number of hydrogen-bond donors (Lipinski definition) is 0. The molecule has 1 aliphatic heterocycles. The number of anilines is 1. The van der Waals surface area contributed by atoms with Gasteiger partial charge in [-0.2, -0.15) is 0 Å². The summed E-state index contributed by atoms with van der Waals surface area (Å²) in [6, 6.07) is 8.75. The fourth-order valence-electron chi connectivity index (χ4n) is 3.80. The van der Waals surface area contributed by atoms with Crippen LogP contribution in [0.4, 0.5) is 5.82 Å². The summed E-state index contributed by atoms with van der Waals surface area (Å²) in [7, 11) is 2.14. The van der Waals surface area contributed by atoms with Crippen molar-refractivity contribution in [2.75, 3.05) is 11.4 Å². The Bertz CT molecular complexity index is 926. The van der Waals surface area contributed by atoms with Crippen LogP contribution in [0.3, 0.4) is 0 Å². The predicted octanol–water partition coefficient (Wildman–Crippen LogP) is 4.49. The molecular weight excluding hydrogens is 318 g/mol. The Morgan fingerprint density at radius 3 is 2.79 bits per heavy atom. The minimum atomic E-state index is 0.567. The Morgan fingerprint density at radius 1 is 1.17 bits per heavy atom. The van der Waals surface area contributed by atoms with Gasteiger partial charge in [0.25, 0.3) is 0 Å². The van der Waals surface area contributed by atoms with Gasteiger partial charge in [-0.25, -0.2) is 4.98 Å². The van der Waals surface area contributed by atoms with Crippen LogP contribution in [-0.2, 0) is 25.9 Å². The highest BCUT2D eigenvalue weighted by Crippen LogP contribution is 2.33. The van der Waals surface area contributed by atoms with Crippen molar-refractivity contribution in [3.63, 3.8) is 0 Å². The number of nitrogens with zero attached hydrogens (tertiary/aromatic N) is 3. The molecule has 0 saturated heterocycles. The van der Waals surface area contributed by atoms with Crippen molar-refractivity contribution in [2.45, 2.75) is 32.7 Å². The molecule has 3 aromatic rings. The molecule has 0 spiro atoms. The van der Waals surface area contributed by atoms with Crippen molar-refractivity contribution in [2.24, 2.45) is 7.05 Å². The number of aromatic nitrogens is 2. The summed E-state index contributed by atoms with van der Waals surface area (Å²) < 4.78 is 2.28. The van der Waals surface area contributed by atoms with Crippen LogP contribution < -0.4 is 4.90 Å². The van der Waals surface area contributed by atoms with E-state index in [1.165, 1.54) is 38.9 Å². The molecule has 0 N–H and O–H groups in total. The summed E-state index contributed by atoms with van der Waals surface area (Å²) in [5.41, 5.74) is 7.89. The topological polar surface area (TPSA) is 21.1 Å². The van der Waals surface area contributed by atoms with Crippen LogP contribution in [0.2, 0.25) is 0 Å². The zero-order valence-electron chi connectivity index (χ0n) is 14.4. The maximum Gasteiger partial charge on any atom is 0.153 e. The van der Waals surface area contributed by atoms with E-state index < -0.39 is 0 Å². The smallest absolute Gasteiger partial charge is 0.153 e. The first-order chi connectivity index (χ1) is 11.6. The number of alkyl halides is 1. The van der Waals surface area contributed by atoms with Crippen LogP contribution in [0, 0.1) is 13.8 Å². The largest absolute Gasteiger partial charge is 0.350 e. The van der Waals surface area contributed by atoms with Crippen LogP contribution >= 0.6 is 11.6 Å². The van der Waals surface area contributed by atoms with Gasteiger partial charge in [0.05, 0.1) is 5.52 Å². The van der Waals surface area contributed by atoms with E-state index >= 15 is 0 Å². The molecule has 0 bridgehead atoms. The van der Waals surface area contributed by atoms with Gasteiger partial charge in [-0.15, -0.1) is 11.6 Å². The average Bonchev–Trinajstić information content (AvgIpc) is 2.85. The number of rotatable bonds is 2. The van der Waals surface area contributed by atoms with Gasteiger partial charge in [0.1, 0.15) is 0 Å². The first kappa shape index (κ1) is 15.5. The SMILES string of the molecule is Cc1c(C)n(C)c2c(N3CCc4ccc(CCl)cc4C3)nccc12. The Balaban J connectivity index is 1.80. The summed E-state index contributed by atoms with van der Waals surface area (Å²) in [5, 5.41) is 1.31. The summed E-state index contributed by atoms with van der Waals surface area (Å²) in [4.78, 5) is 7.14. The Morgan fingerprint density at radius 2 is 2.00 bits per heavy atom. The summed E-state index contributed by atoms with van der Waals surface area (Å²) in [5.74, 6) is 1.66. The van der Waals surface area contributed by atoms with E-state index in [1.807, 2.05) is 6.20 Å². The maximum absolute atomic E-state index is 6.01. The molecule has 0 fully saturated rings. The van der Waals surface area contributed by atoms with Crippen LogP contribution in [0.25, 0.3) is 10.9 Å². The molecule has 3 nitrogen and oxygen atoms in total. The lowest BCUT2D eigenvalue weighted by molar-refractivity contribution is 0.720. The number of halogens is 1. The van der Waals surface area contributed by atoms with Crippen LogP contribution in [-0.4, -0.2) is 16.1 Å². The number of pyridine rings is 1. The molecule has 0 saturated carbocycles. The molecule has 1 aromatic carbocycles. The van der Waals surface area contributed by atoms with Crippen molar-refractivity contribution in [3.8, 4) is 0 Å². The van der Waals surface area contributed by atoms with Gasteiger partial charge >= 0.3 is 0 Å². The highest BCUT2D eigenvalue weighted by atomic mass is 35.5. The fraction of sp³-hybridized carbons (Fsp3) is 0.350. The Hall–Kier alpha value is -2.00. The van der Waals surface area contributed by atoms with E-state index in [9.17, 15) is 0 Å². The van der Waals surface area contributed by atoms with Crippen LogP contribution in [0.5, 0.6) is 0 Å². The molecule has 0 aliphatic carbocycles. The van der Waals surface area contributed by atoms with Gasteiger partial charge in [0.2, 0.25) is 0 Å². The zero-order valence-corrected chi connectivity index (χ0v) is 15.2. The number of aryl methyl sites for hydroxylation is 2. The third-order valence-corrected chi connectivity index (χ3v) is 5.74. The molecule has 1 aliphatic rings. The normalized spacial score (nSPS) is 14.2. The third kappa shape index (κ3) is 2.30. The molecule has 0 atom stereocenters. The number of hydrogen-bond acceptors (Lipinski definition) is 2. The molecule has 4 rings (SSSR count). The van der Waals surface area contributed by atoms with E-state index in [2.05, 4.69) is 54.6 Å². The summed E-state index contributed by atoms with van der Waals surface area (Å²) in [6.07, 6.45) is 2.99. The van der Waals surface area contributed by atoms with Crippen LogP contribution in [0.1, 0.15) is 27.9 Å². The summed E-state index contributed by atoms with van der Waals surface area (Å²) in [6.45, 7) is 6.27. The lowest BCUT2D eigenvalue weighted by atomic mass is 9.97. The monoisotopic (exact) mass is 339 g/mol. The zero-order chi connectivity index (χ0) is 16.8. The second-order valence-electron chi connectivity index (χ2n) is 6.71. The van der Waals surface area contributed by atoms with Gasteiger partial charge in [-0.3, -0.25) is 0 Å². The van der Waals surface area contributed by atoms with E-state index in [-0.39, 0.29) is 0 Å².